The van der Waals surface area contributed by atoms with Crippen LogP contribution in [-0.4, -0.2) is 30.4 Å². The van der Waals surface area contributed by atoms with Gasteiger partial charge in [0, 0.05) is 5.57 Å². The smallest absolute Gasteiger partial charge is 0.244 e. The third-order valence-electron chi connectivity index (χ3n) is 3.67. The summed E-state index contributed by atoms with van der Waals surface area (Å²) in [7, 11) is 0. The highest BCUT2D eigenvalue weighted by Crippen LogP contribution is 2.06. The van der Waals surface area contributed by atoms with Crippen LogP contribution < -0.4 is 5.73 Å². The zero-order chi connectivity index (χ0) is 15.2. The number of hydrogen-bond acceptors (Lipinski definition) is 2. The maximum atomic E-state index is 10.9. The summed E-state index contributed by atoms with van der Waals surface area (Å²) >= 11 is 0. The van der Waals surface area contributed by atoms with E-state index >= 15 is 0 Å². The van der Waals surface area contributed by atoms with Gasteiger partial charge in [0.05, 0.1) is 0 Å². The first-order valence-corrected chi connectivity index (χ1v) is 8.30. The van der Waals surface area contributed by atoms with E-state index in [0.717, 1.165) is 19.4 Å². The molecule has 0 saturated carbocycles. The first-order valence-electron chi connectivity index (χ1n) is 8.30. The van der Waals surface area contributed by atoms with Crippen LogP contribution in [0.4, 0.5) is 0 Å². The van der Waals surface area contributed by atoms with Crippen molar-refractivity contribution in [2.75, 3.05) is 19.6 Å². The third-order valence-corrected chi connectivity index (χ3v) is 3.67. The molecule has 0 aliphatic heterocycles. The van der Waals surface area contributed by atoms with Crippen LogP contribution in [0.25, 0.3) is 0 Å². The van der Waals surface area contributed by atoms with E-state index in [-0.39, 0.29) is 5.91 Å². The molecule has 0 radical (unpaired) electrons. The van der Waals surface area contributed by atoms with Crippen LogP contribution in [0.3, 0.4) is 0 Å². The van der Waals surface area contributed by atoms with Crippen molar-refractivity contribution < 1.29 is 4.79 Å². The predicted octanol–water partition coefficient (Wildman–Crippen LogP) is 3.88. The van der Waals surface area contributed by atoms with E-state index in [2.05, 4.69) is 18.7 Å². The summed E-state index contributed by atoms with van der Waals surface area (Å²) < 4.78 is 0. The molecule has 0 saturated heterocycles. The summed E-state index contributed by atoms with van der Waals surface area (Å²) in [5.74, 6) is -0.298. The number of carbonyl (C=O) groups excluding carboxylic acids is 1. The van der Waals surface area contributed by atoms with Crippen LogP contribution in [0.1, 0.15) is 72.1 Å². The molecule has 0 heterocycles. The highest BCUT2D eigenvalue weighted by atomic mass is 16.1. The lowest BCUT2D eigenvalue weighted by molar-refractivity contribution is -0.114. The lowest BCUT2D eigenvalue weighted by Crippen LogP contribution is -2.27. The van der Waals surface area contributed by atoms with Gasteiger partial charge in [-0.25, -0.2) is 0 Å². The van der Waals surface area contributed by atoms with Gasteiger partial charge in [-0.1, -0.05) is 45.6 Å². The van der Waals surface area contributed by atoms with E-state index in [1.807, 2.05) is 6.08 Å². The predicted molar refractivity (Wildman–Crippen MR) is 87.7 cm³/mol. The maximum Gasteiger partial charge on any atom is 0.244 e. The molecule has 0 rings (SSSR count). The zero-order valence-electron chi connectivity index (χ0n) is 13.8. The minimum absolute atomic E-state index is 0.298. The van der Waals surface area contributed by atoms with Crippen LogP contribution in [0.2, 0.25) is 0 Å². The summed E-state index contributed by atoms with van der Waals surface area (Å²) in [6.45, 7) is 9.86. The summed E-state index contributed by atoms with van der Waals surface area (Å²) in [6, 6.07) is 0. The Hall–Kier alpha value is -0.830. The molecule has 0 aliphatic carbocycles. The molecule has 3 nitrogen and oxygen atoms in total. The van der Waals surface area contributed by atoms with E-state index in [4.69, 9.17) is 5.73 Å². The summed E-state index contributed by atoms with van der Waals surface area (Å²) in [5.41, 5.74) is 5.91. The Kier molecular flexibility index (Phi) is 12.6. The Labute approximate surface area is 125 Å². The number of nitrogens with zero attached hydrogens (tertiary/aromatic N) is 1. The Bertz CT molecular complexity index is 264. The van der Waals surface area contributed by atoms with E-state index < -0.39 is 0 Å². The summed E-state index contributed by atoms with van der Waals surface area (Å²) in [5, 5.41) is 0. The fourth-order valence-electron chi connectivity index (χ4n) is 2.24. The number of hydrogen-bond donors (Lipinski definition) is 1. The molecule has 0 aliphatic rings. The molecule has 0 spiro atoms. The van der Waals surface area contributed by atoms with Gasteiger partial charge in [0.15, 0.2) is 0 Å². The molecular weight excluding hydrogens is 248 g/mol. The Morgan fingerprint density at radius 1 is 0.950 bits per heavy atom. The van der Waals surface area contributed by atoms with Crippen molar-refractivity contribution in [1.29, 1.82) is 0 Å². The minimum atomic E-state index is -0.298. The van der Waals surface area contributed by atoms with Gasteiger partial charge in [0.25, 0.3) is 0 Å². The van der Waals surface area contributed by atoms with Crippen LogP contribution >= 0.6 is 0 Å². The van der Waals surface area contributed by atoms with Crippen LogP contribution in [-0.2, 0) is 4.79 Å². The largest absolute Gasteiger partial charge is 0.366 e. The molecule has 118 valence electrons. The maximum absolute atomic E-state index is 10.9. The second-order valence-electron chi connectivity index (χ2n) is 5.65. The van der Waals surface area contributed by atoms with Gasteiger partial charge in [-0.2, -0.15) is 0 Å². The molecule has 20 heavy (non-hydrogen) atoms. The Morgan fingerprint density at radius 3 is 1.90 bits per heavy atom. The van der Waals surface area contributed by atoms with Gasteiger partial charge in [-0.3, -0.25) is 4.79 Å². The van der Waals surface area contributed by atoms with Crippen molar-refractivity contribution in [3.8, 4) is 0 Å². The molecule has 3 heteroatoms. The van der Waals surface area contributed by atoms with Gasteiger partial charge >= 0.3 is 0 Å². The van der Waals surface area contributed by atoms with E-state index in [0.29, 0.717) is 5.57 Å². The molecule has 0 aromatic rings. The molecule has 0 aromatic heterocycles. The molecule has 0 unspecified atom stereocenters. The topological polar surface area (TPSA) is 46.3 Å². The fourth-order valence-corrected chi connectivity index (χ4v) is 2.24. The van der Waals surface area contributed by atoms with E-state index in [9.17, 15) is 4.79 Å². The van der Waals surface area contributed by atoms with Crippen LogP contribution in [0, 0.1) is 0 Å². The highest BCUT2D eigenvalue weighted by Gasteiger charge is 2.04. The lowest BCUT2D eigenvalue weighted by Gasteiger charge is -2.22. The fraction of sp³-hybridized carbons (Fsp3) is 0.824. The van der Waals surface area contributed by atoms with Crippen molar-refractivity contribution in [3.63, 3.8) is 0 Å². The normalized spacial score (nSPS) is 12.1. The number of nitrogens with two attached hydrogens (primary N) is 1. The minimum Gasteiger partial charge on any atom is -0.366 e. The molecule has 0 aromatic carbocycles. The molecular formula is C17H34N2O. The van der Waals surface area contributed by atoms with Gasteiger partial charge in [0.2, 0.25) is 5.91 Å². The molecule has 0 fully saturated rings. The van der Waals surface area contributed by atoms with Gasteiger partial charge in [-0.15, -0.1) is 0 Å². The second kappa shape index (κ2) is 13.2. The van der Waals surface area contributed by atoms with Crippen molar-refractivity contribution in [2.45, 2.75) is 72.1 Å². The first-order chi connectivity index (χ1) is 9.61. The van der Waals surface area contributed by atoms with Crippen LogP contribution in [0.5, 0.6) is 0 Å². The van der Waals surface area contributed by atoms with Gasteiger partial charge in [0.1, 0.15) is 0 Å². The number of allylic oxidation sites excluding steroid dienone is 1. The van der Waals surface area contributed by atoms with Crippen molar-refractivity contribution in [3.05, 3.63) is 11.6 Å². The number of amides is 1. The number of rotatable bonds is 13. The number of primary amides is 1. The summed E-state index contributed by atoms with van der Waals surface area (Å²) in [4.78, 5) is 13.5. The van der Waals surface area contributed by atoms with Crippen molar-refractivity contribution in [2.24, 2.45) is 5.73 Å². The lowest BCUT2D eigenvalue weighted by atomic mass is 10.1. The average molecular weight is 282 g/mol. The molecule has 0 bridgehead atoms. The first kappa shape index (κ1) is 19.2. The molecule has 2 N–H and O–H groups in total. The number of unbranched alkanes of at least 4 members (excludes halogenated alkanes) is 5. The van der Waals surface area contributed by atoms with E-state index in [1.54, 1.807) is 6.92 Å². The summed E-state index contributed by atoms with van der Waals surface area (Å²) in [6.07, 6.45) is 11.9. The third kappa shape index (κ3) is 11.0. The van der Waals surface area contributed by atoms with Gasteiger partial charge in [-0.05, 0) is 52.2 Å². The quantitative estimate of drug-likeness (QED) is 0.411. The number of carbonyl (C=O) groups is 1. The van der Waals surface area contributed by atoms with Crippen molar-refractivity contribution in [1.82, 2.24) is 4.90 Å². The second-order valence-corrected chi connectivity index (χ2v) is 5.65. The van der Waals surface area contributed by atoms with Gasteiger partial charge < -0.3 is 10.6 Å². The van der Waals surface area contributed by atoms with E-state index in [1.165, 1.54) is 51.6 Å². The van der Waals surface area contributed by atoms with Crippen LogP contribution in [0.15, 0.2) is 11.6 Å². The SMILES string of the molecule is CCCCCN(CCCC=C(C)C(N)=O)CCCCC. The standard InChI is InChI=1S/C17H34N2O/c1-4-6-9-13-19(14-10-7-5-2)15-11-8-12-16(3)17(18)20/h12H,4-11,13-15H2,1-3H3,(H2,18,20). The Balaban J connectivity index is 3.94. The Morgan fingerprint density at radius 2 is 1.45 bits per heavy atom. The molecule has 1 amide bonds. The van der Waals surface area contributed by atoms with Crippen molar-refractivity contribution >= 4 is 5.91 Å². The average Bonchev–Trinajstić information content (AvgIpc) is 2.42. The monoisotopic (exact) mass is 282 g/mol. The molecule has 0 atom stereocenters. The zero-order valence-corrected chi connectivity index (χ0v) is 13.8. The highest BCUT2D eigenvalue weighted by molar-refractivity contribution is 5.91.